The summed E-state index contributed by atoms with van der Waals surface area (Å²) in [6.07, 6.45) is -4.33. The lowest BCUT2D eigenvalue weighted by molar-refractivity contribution is -0.138. The molecular weight excluding hydrogens is 368 g/mol. The highest BCUT2D eigenvalue weighted by Crippen LogP contribution is 2.31. The topological polar surface area (TPSA) is 61.2 Å². The first kappa shape index (κ1) is 18.9. The van der Waals surface area contributed by atoms with E-state index in [9.17, 15) is 27.2 Å². The van der Waals surface area contributed by atoms with Crippen molar-refractivity contribution in [3.05, 3.63) is 50.7 Å². The standard InChI is InChI=1S/C15H11ClF4N2O3/c1-3-13(23)25-12-5-11(10(17)4-9(12)16)22-14(24)7(2)8(6-21-22)15(18,19)20/h4-6H,3H2,1-2H3. The van der Waals surface area contributed by atoms with E-state index in [2.05, 4.69) is 5.10 Å². The first-order valence-electron chi connectivity index (χ1n) is 6.92. The maximum atomic E-state index is 14.1. The van der Waals surface area contributed by atoms with Crippen LogP contribution >= 0.6 is 11.6 Å². The van der Waals surface area contributed by atoms with Crippen molar-refractivity contribution in [2.75, 3.05) is 0 Å². The quantitative estimate of drug-likeness (QED) is 0.464. The molecule has 0 unspecified atom stereocenters. The molecule has 0 radical (unpaired) electrons. The van der Waals surface area contributed by atoms with Gasteiger partial charge in [0.05, 0.1) is 16.8 Å². The highest BCUT2D eigenvalue weighted by atomic mass is 35.5. The largest absolute Gasteiger partial charge is 0.425 e. The Morgan fingerprint density at radius 1 is 1.36 bits per heavy atom. The number of rotatable bonds is 3. The van der Waals surface area contributed by atoms with Gasteiger partial charge in [-0.15, -0.1) is 0 Å². The van der Waals surface area contributed by atoms with Crippen LogP contribution in [0.3, 0.4) is 0 Å². The van der Waals surface area contributed by atoms with Gasteiger partial charge < -0.3 is 4.74 Å². The minimum Gasteiger partial charge on any atom is -0.425 e. The SMILES string of the molecule is CCC(=O)Oc1cc(-n2ncc(C(F)(F)F)c(C)c2=O)c(F)cc1Cl. The van der Waals surface area contributed by atoms with Crippen LogP contribution in [-0.4, -0.2) is 15.7 Å². The van der Waals surface area contributed by atoms with Crippen molar-refractivity contribution in [2.45, 2.75) is 26.4 Å². The Morgan fingerprint density at radius 2 is 2.00 bits per heavy atom. The summed E-state index contributed by atoms with van der Waals surface area (Å²) in [6, 6.07) is 1.70. The summed E-state index contributed by atoms with van der Waals surface area (Å²) in [5, 5.41) is 3.13. The number of benzene rings is 1. The van der Waals surface area contributed by atoms with E-state index in [4.69, 9.17) is 16.3 Å². The average molecular weight is 379 g/mol. The highest BCUT2D eigenvalue weighted by Gasteiger charge is 2.34. The molecule has 0 saturated heterocycles. The molecule has 0 aliphatic carbocycles. The average Bonchev–Trinajstić information content (AvgIpc) is 2.51. The van der Waals surface area contributed by atoms with E-state index in [-0.39, 0.29) is 17.2 Å². The van der Waals surface area contributed by atoms with E-state index in [1.54, 1.807) is 0 Å². The van der Waals surface area contributed by atoms with Gasteiger partial charge in [0, 0.05) is 18.1 Å². The first-order chi connectivity index (χ1) is 11.6. The van der Waals surface area contributed by atoms with Crippen molar-refractivity contribution >= 4 is 17.6 Å². The Labute approximate surface area is 143 Å². The van der Waals surface area contributed by atoms with Gasteiger partial charge in [-0.1, -0.05) is 18.5 Å². The van der Waals surface area contributed by atoms with E-state index < -0.39 is 40.3 Å². The molecule has 134 valence electrons. The molecule has 1 heterocycles. The van der Waals surface area contributed by atoms with Crippen LogP contribution in [0.5, 0.6) is 5.75 Å². The number of carbonyl (C=O) groups is 1. The number of hydrogen-bond donors (Lipinski definition) is 0. The van der Waals surface area contributed by atoms with Crippen molar-refractivity contribution in [3.63, 3.8) is 0 Å². The summed E-state index contributed by atoms with van der Waals surface area (Å²) in [5.74, 6) is -1.92. The third-order valence-corrected chi connectivity index (χ3v) is 3.56. The predicted octanol–water partition coefficient (Wildman–Crippen LogP) is 3.67. The van der Waals surface area contributed by atoms with Gasteiger partial charge in [0.1, 0.15) is 5.69 Å². The summed E-state index contributed by atoms with van der Waals surface area (Å²) >= 11 is 5.77. The normalized spacial score (nSPS) is 11.5. The van der Waals surface area contributed by atoms with Gasteiger partial charge in [-0.25, -0.2) is 4.39 Å². The number of halogens is 5. The zero-order valence-corrected chi connectivity index (χ0v) is 13.7. The lowest BCUT2D eigenvalue weighted by atomic mass is 10.2. The van der Waals surface area contributed by atoms with Gasteiger partial charge in [-0.05, 0) is 13.0 Å². The Morgan fingerprint density at radius 3 is 2.56 bits per heavy atom. The van der Waals surface area contributed by atoms with E-state index >= 15 is 0 Å². The second kappa shape index (κ2) is 6.83. The van der Waals surface area contributed by atoms with Crippen molar-refractivity contribution in [2.24, 2.45) is 0 Å². The van der Waals surface area contributed by atoms with Gasteiger partial charge >= 0.3 is 12.1 Å². The van der Waals surface area contributed by atoms with Crippen molar-refractivity contribution in [1.82, 2.24) is 9.78 Å². The Balaban J connectivity index is 2.63. The summed E-state index contributed by atoms with van der Waals surface area (Å²) in [5.41, 5.74) is -3.53. The fourth-order valence-electron chi connectivity index (χ4n) is 1.95. The van der Waals surface area contributed by atoms with Crippen molar-refractivity contribution in [3.8, 4) is 11.4 Å². The van der Waals surface area contributed by atoms with Gasteiger partial charge in [0.25, 0.3) is 5.56 Å². The van der Waals surface area contributed by atoms with E-state index in [1.807, 2.05) is 0 Å². The first-order valence-corrected chi connectivity index (χ1v) is 7.30. The van der Waals surface area contributed by atoms with E-state index in [1.165, 1.54) is 6.92 Å². The second-order valence-electron chi connectivity index (χ2n) is 4.96. The molecule has 10 heteroatoms. The smallest absolute Gasteiger partial charge is 0.418 e. The molecule has 1 aromatic carbocycles. The molecule has 1 aromatic heterocycles. The molecular formula is C15H11ClF4N2O3. The monoisotopic (exact) mass is 378 g/mol. The van der Waals surface area contributed by atoms with Gasteiger partial charge in [0.2, 0.25) is 0 Å². The maximum Gasteiger partial charge on any atom is 0.418 e. The van der Waals surface area contributed by atoms with E-state index in [0.29, 0.717) is 10.9 Å². The van der Waals surface area contributed by atoms with Gasteiger partial charge in [-0.3, -0.25) is 9.59 Å². The summed E-state index contributed by atoms with van der Waals surface area (Å²) in [6.45, 7) is 2.47. The molecule has 2 aromatic rings. The summed E-state index contributed by atoms with van der Waals surface area (Å²) < 4.78 is 57.9. The molecule has 25 heavy (non-hydrogen) atoms. The molecule has 0 amide bonds. The molecule has 0 atom stereocenters. The van der Waals surface area contributed by atoms with Crippen LogP contribution in [0.1, 0.15) is 24.5 Å². The van der Waals surface area contributed by atoms with Crippen LogP contribution in [-0.2, 0) is 11.0 Å². The number of hydrogen-bond acceptors (Lipinski definition) is 4. The number of alkyl halides is 3. The zero-order chi connectivity index (χ0) is 18.9. The molecule has 0 saturated carbocycles. The predicted molar refractivity (Wildman–Crippen MR) is 80.5 cm³/mol. The van der Waals surface area contributed by atoms with Crippen molar-refractivity contribution in [1.29, 1.82) is 0 Å². The van der Waals surface area contributed by atoms with Crippen LogP contribution in [0.2, 0.25) is 5.02 Å². The Hall–Kier alpha value is -2.42. The highest BCUT2D eigenvalue weighted by molar-refractivity contribution is 6.32. The van der Waals surface area contributed by atoms with Crippen LogP contribution < -0.4 is 10.3 Å². The molecule has 2 rings (SSSR count). The summed E-state index contributed by atoms with van der Waals surface area (Å²) in [7, 11) is 0. The minimum absolute atomic E-state index is 0.0145. The van der Waals surface area contributed by atoms with Crippen LogP contribution in [0, 0.1) is 12.7 Å². The number of esters is 1. The lowest BCUT2D eigenvalue weighted by Crippen LogP contribution is -2.28. The van der Waals surface area contributed by atoms with Gasteiger partial charge in [0.15, 0.2) is 11.6 Å². The van der Waals surface area contributed by atoms with Crippen molar-refractivity contribution < 1.29 is 27.1 Å². The molecule has 0 N–H and O–H groups in total. The molecule has 0 spiro atoms. The molecule has 0 fully saturated rings. The number of ether oxygens (including phenoxy) is 1. The van der Waals surface area contributed by atoms with Crippen LogP contribution in [0.25, 0.3) is 5.69 Å². The van der Waals surface area contributed by atoms with E-state index in [0.717, 1.165) is 19.1 Å². The number of aromatic nitrogens is 2. The fraction of sp³-hybridized carbons (Fsp3) is 0.267. The van der Waals surface area contributed by atoms with Crippen LogP contribution in [0.15, 0.2) is 23.1 Å². The maximum absolute atomic E-state index is 14.1. The Kier molecular flexibility index (Phi) is 5.17. The Bertz CT molecular complexity index is 894. The summed E-state index contributed by atoms with van der Waals surface area (Å²) in [4.78, 5) is 23.5. The van der Waals surface area contributed by atoms with Gasteiger partial charge in [-0.2, -0.15) is 23.0 Å². The lowest BCUT2D eigenvalue weighted by Gasteiger charge is -2.13. The molecule has 0 aliphatic rings. The third kappa shape index (κ3) is 3.81. The second-order valence-corrected chi connectivity index (χ2v) is 5.37. The fourth-order valence-corrected chi connectivity index (χ4v) is 2.14. The minimum atomic E-state index is -4.77. The number of carbonyl (C=O) groups excluding carboxylic acids is 1. The molecule has 5 nitrogen and oxygen atoms in total. The zero-order valence-electron chi connectivity index (χ0n) is 12.9. The molecule has 0 aliphatic heterocycles. The number of nitrogens with zero attached hydrogens (tertiary/aromatic N) is 2. The molecule has 0 bridgehead atoms. The van der Waals surface area contributed by atoms with Crippen LogP contribution in [0.4, 0.5) is 17.6 Å². The third-order valence-electron chi connectivity index (χ3n) is 3.27.